The van der Waals surface area contributed by atoms with E-state index >= 15 is 0 Å². The fourth-order valence-corrected chi connectivity index (χ4v) is 1.40. The Hall–Kier alpha value is -0.760. The molecule has 0 amide bonds. The molecule has 0 unspecified atom stereocenters. The summed E-state index contributed by atoms with van der Waals surface area (Å²) in [5.74, 6) is 0. The smallest absolute Gasteiger partial charge is 0.0331 e. The molecule has 0 aromatic heterocycles. The lowest BCUT2D eigenvalue weighted by Crippen LogP contribution is -2.18. The van der Waals surface area contributed by atoms with Crippen LogP contribution < -0.4 is 5.32 Å². The zero-order chi connectivity index (χ0) is 6.81. The Labute approximate surface area is 61.0 Å². The van der Waals surface area contributed by atoms with Crippen molar-refractivity contribution < 1.29 is 0 Å². The van der Waals surface area contributed by atoms with E-state index in [9.17, 15) is 0 Å². The number of piperidine rings is 1. The van der Waals surface area contributed by atoms with Gasteiger partial charge in [0.05, 0.1) is 0 Å². The molecule has 0 radical (unpaired) electrons. The molecule has 1 fully saturated rings. The predicted octanol–water partition coefficient (Wildman–Crippen LogP) is 1.18. The molecule has 0 bridgehead atoms. The topological polar surface area (TPSA) is 26.1 Å². The fourth-order valence-electron chi connectivity index (χ4n) is 1.40. The quantitative estimate of drug-likeness (QED) is 0.530. The average Bonchev–Trinajstić information content (AvgIpc) is 2.05. The van der Waals surface area contributed by atoms with Gasteiger partial charge >= 0.3 is 0 Å². The molecule has 1 saturated heterocycles. The second-order valence-electron chi connectivity index (χ2n) is 2.66. The molecule has 0 aliphatic carbocycles. The number of dihydropyridines is 1. The van der Waals surface area contributed by atoms with Gasteiger partial charge in [-0.2, -0.15) is 0 Å². The molecule has 2 rings (SSSR count). The zero-order valence-corrected chi connectivity index (χ0v) is 5.93. The maximum Gasteiger partial charge on any atom is 0.0331 e. The van der Waals surface area contributed by atoms with E-state index in [-0.39, 0.29) is 0 Å². The first-order valence-electron chi connectivity index (χ1n) is 3.72. The van der Waals surface area contributed by atoms with Crippen molar-refractivity contribution in [3.63, 3.8) is 0 Å². The van der Waals surface area contributed by atoms with Crippen LogP contribution in [0.3, 0.4) is 0 Å². The van der Waals surface area contributed by atoms with Gasteiger partial charge in [0.15, 0.2) is 0 Å². The monoisotopic (exact) mass is 135 g/mol. The summed E-state index contributed by atoms with van der Waals surface area (Å²) in [4.78, 5) is 0. The molecule has 2 heteroatoms. The molecule has 54 valence electrons. The highest BCUT2D eigenvalue weighted by molar-refractivity contribution is 5.39. The van der Waals surface area contributed by atoms with Crippen molar-refractivity contribution in [2.45, 2.75) is 6.42 Å². The van der Waals surface area contributed by atoms with E-state index in [1.165, 1.54) is 11.1 Å². The van der Waals surface area contributed by atoms with Crippen LogP contribution in [0.4, 0.5) is 0 Å². The molecule has 0 aromatic rings. The van der Waals surface area contributed by atoms with Crippen LogP contribution in [-0.2, 0) is 0 Å². The van der Waals surface area contributed by atoms with Gasteiger partial charge in [-0.25, -0.2) is 0 Å². The Morgan fingerprint density at radius 2 is 2.40 bits per heavy atom. The van der Waals surface area contributed by atoms with Gasteiger partial charge in [0.25, 0.3) is 0 Å². The van der Waals surface area contributed by atoms with Gasteiger partial charge in [0, 0.05) is 6.54 Å². The van der Waals surface area contributed by atoms with Crippen molar-refractivity contribution >= 4 is 0 Å². The SMILES string of the molecule is C1=C2CC[N-]CC2=CNC1. The summed E-state index contributed by atoms with van der Waals surface area (Å²) in [5.41, 5.74) is 2.89. The van der Waals surface area contributed by atoms with Gasteiger partial charge in [-0.3, -0.25) is 0 Å². The Morgan fingerprint density at radius 1 is 1.40 bits per heavy atom. The van der Waals surface area contributed by atoms with Crippen LogP contribution in [0.25, 0.3) is 5.32 Å². The first-order valence-corrected chi connectivity index (χ1v) is 3.72. The maximum absolute atomic E-state index is 4.31. The van der Waals surface area contributed by atoms with Crippen LogP contribution in [0.15, 0.2) is 23.4 Å². The molecular weight excluding hydrogens is 124 g/mol. The summed E-state index contributed by atoms with van der Waals surface area (Å²) in [6.45, 7) is 2.93. The molecule has 0 atom stereocenters. The lowest BCUT2D eigenvalue weighted by atomic mass is 9.98. The minimum atomic E-state index is 0.916. The number of nitrogens with zero attached hydrogens (tertiary/aromatic N) is 1. The molecule has 2 aliphatic heterocycles. The highest BCUT2D eigenvalue weighted by Crippen LogP contribution is 2.23. The van der Waals surface area contributed by atoms with Gasteiger partial charge in [0.1, 0.15) is 0 Å². The van der Waals surface area contributed by atoms with Crippen molar-refractivity contribution in [2.24, 2.45) is 0 Å². The van der Waals surface area contributed by atoms with Gasteiger partial charge in [-0.1, -0.05) is 6.08 Å². The first kappa shape index (κ1) is 5.98. The summed E-state index contributed by atoms with van der Waals surface area (Å²) in [6, 6.07) is 0. The molecule has 0 saturated carbocycles. The molecule has 0 spiro atoms. The van der Waals surface area contributed by atoms with Gasteiger partial charge in [0.2, 0.25) is 0 Å². The second kappa shape index (κ2) is 2.46. The van der Waals surface area contributed by atoms with Gasteiger partial charge in [-0.15, -0.1) is 13.1 Å². The molecule has 10 heavy (non-hydrogen) atoms. The van der Waals surface area contributed by atoms with E-state index in [1.807, 2.05) is 0 Å². The number of hydrogen-bond acceptors (Lipinski definition) is 1. The normalized spacial score (nSPS) is 24.0. The number of nitrogens with one attached hydrogen (secondary N) is 1. The van der Waals surface area contributed by atoms with Crippen LogP contribution >= 0.6 is 0 Å². The Kier molecular flexibility index (Phi) is 1.47. The first-order chi connectivity index (χ1) is 4.97. The highest BCUT2D eigenvalue weighted by atomic mass is 14.9. The van der Waals surface area contributed by atoms with Crippen molar-refractivity contribution in [1.82, 2.24) is 5.32 Å². The summed E-state index contributed by atoms with van der Waals surface area (Å²) < 4.78 is 0. The fraction of sp³-hybridized carbons (Fsp3) is 0.500. The van der Waals surface area contributed by atoms with Gasteiger partial charge < -0.3 is 10.6 Å². The van der Waals surface area contributed by atoms with E-state index in [4.69, 9.17) is 0 Å². The van der Waals surface area contributed by atoms with Crippen LogP contribution in [-0.4, -0.2) is 19.6 Å². The second-order valence-corrected chi connectivity index (χ2v) is 2.66. The van der Waals surface area contributed by atoms with E-state index < -0.39 is 0 Å². The van der Waals surface area contributed by atoms with Gasteiger partial charge in [-0.05, 0) is 23.8 Å². The van der Waals surface area contributed by atoms with Crippen LogP contribution in [0, 0.1) is 0 Å². The van der Waals surface area contributed by atoms with E-state index in [0.717, 1.165) is 26.1 Å². The van der Waals surface area contributed by atoms with Crippen LogP contribution in [0.5, 0.6) is 0 Å². The van der Waals surface area contributed by atoms with Crippen molar-refractivity contribution in [3.05, 3.63) is 28.7 Å². The van der Waals surface area contributed by atoms with Crippen molar-refractivity contribution in [1.29, 1.82) is 0 Å². The number of hydrogen-bond donors (Lipinski definition) is 1. The maximum atomic E-state index is 4.31. The third kappa shape index (κ3) is 0.948. The lowest BCUT2D eigenvalue weighted by molar-refractivity contribution is 0.852. The van der Waals surface area contributed by atoms with E-state index in [1.54, 1.807) is 0 Å². The van der Waals surface area contributed by atoms with Crippen LogP contribution in [0.1, 0.15) is 6.42 Å². The Morgan fingerprint density at radius 3 is 3.30 bits per heavy atom. The van der Waals surface area contributed by atoms with Crippen molar-refractivity contribution in [3.8, 4) is 0 Å². The minimum Gasteiger partial charge on any atom is -0.658 e. The molecule has 2 aliphatic rings. The number of fused-ring (bicyclic) bond motifs is 1. The molecule has 1 N–H and O–H groups in total. The molecule has 0 aromatic carbocycles. The summed E-state index contributed by atoms with van der Waals surface area (Å²) in [7, 11) is 0. The zero-order valence-electron chi connectivity index (χ0n) is 5.93. The highest BCUT2D eigenvalue weighted by Gasteiger charge is 2.05. The minimum absolute atomic E-state index is 0.916. The lowest BCUT2D eigenvalue weighted by Gasteiger charge is -2.32. The molecule has 2 nitrogen and oxygen atoms in total. The average molecular weight is 135 g/mol. The van der Waals surface area contributed by atoms with E-state index in [0.29, 0.717) is 0 Å². The largest absolute Gasteiger partial charge is 0.658 e. The third-order valence-corrected chi connectivity index (χ3v) is 1.98. The standard InChI is InChI=1S/C8H11N2/c1-3-9-5-8-6-10-4-2-7(1)8/h1,5,9H,2-4,6H2/q-1. The summed E-state index contributed by atoms with van der Waals surface area (Å²) >= 11 is 0. The van der Waals surface area contributed by atoms with Crippen LogP contribution in [0.2, 0.25) is 0 Å². The van der Waals surface area contributed by atoms with Crippen molar-refractivity contribution in [2.75, 3.05) is 19.6 Å². The third-order valence-electron chi connectivity index (χ3n) is 1.98. The predicted molar refractivity (Wildman–Crippen MR) is 41.9 cm³/mol. The Balaban J connectivity index is 2.19. The van der Waals surface area contributed by atoms with E-state index in [2.05, 4.69) is 22.9 Å². The molecule has 2 heterocycles. The summed E-state index contributed by atoms with van der Waals surface area (Å²) in [5, 5.41) is 7.50. The number of rotatable bonds is 0. The Bertz CT molecular complexity index is 169. The molecular formula is C8H11N2-. The summed E-state index contributed by atoms with van der Waals surface area (Å²) in [6.07, 6.45) is 5.51.